The molecule has 326 valence electrons. The molecule has 2 aromatic rings. The minimum absolute atomic E-state index is 0.0435. The molecule has 0 aromatic heterocycles. The average molecular weight is 827 g/mol. The summed E-state index contributed by atoms with van der Waals surface area (Å²) in [7, 11) is 1.44. The lowest BCUT2D eigenvalue weighted by atomic mass is 9.78. The minimum atomic E-state index is -2.03. The van der Waals surface area contributed by atoms with Gasteiger partial charge in [0.15, 0.2) is 5.75 Å². The zero-order chi connectivity index (χ0) is 43.9. The van der Waals surface area contributed by atoms with Gasteiger partial charge >= 0.3 is 11.8 Å². The average Bonchev–Trinajstić information content (AvgIpc) is 3.46. The normalized spacial score (nSPS) is 30.0. The third-order valence-electron chi connectivity index (χ3n) is 11.7. The minimum Gasteiger partial charge on any atom is -0.507 e. The Balaban J connectivity index is 1.91. The van der Waals surface area contributed by atoms with Crippen LogP contribution >= 0.6 is 0 Å². The van der Waals surface area contributed by atoms with Gasteiger partial charge in [-0.15, -0.1) is 0 Å². The summed E-state index contributed by atoms with van der Waals surface area (Å²) < 4.78 is 23.6. The molecular formula is C44H62N2O13. The summed E-state index contributed by atoms with van der Waals surface area (Å²) in [5.74, 6) is -8.14. The summed E-state index contributed by atoms with van der Waals surface area (Å²) in [6.07, 6.45) is 6.65. The molecule has 15 nitrogen and oxygen atoms in total. The number of ketones is 1. The first kappa shape index (κ1) is 47.0. The molecule has 0 unspecified atom stereocenters. The number of aliphatic hydroxyl groups is 3. The van der Waals surface area contributed by atoms with Crippen molar-refractivity contribution in [2.75, 3.05) is 25.6 Å². The Bertz CT molecular complexity index is 1960. The van der Waals surface area contributed by atoms with E-state index in [4.69, 9.17) is 24.1 Å². The van der Waals surface area contributed by atoms with Crippen molar-refractivity contribution in [3.8, 4) is 23.0 Å². The molecule has 0 radical (unpaired) electrons. The highest BCUT2D eigenvalue weighted by molar-refractivity contribution is 6.22. The molecular weight excluding hydrogens is 764 g/mol. The number of Topliss-reactive ketones (excluding diaryl/α,β-unsaturated/α-hetero) is 1. The van der Waals surface area contributed by atoms with Crippen molar-refractivity contribution in [1.82, 2.24) is 5.32 Å². The highest BCUT2D eigenvalue weighted by Crippen LogP contribution is 2.55. The Labute approximate surface area is 345 Å². The van der Waals surface area contributed by atoms with Crippen LogP contribution in [0.3, 0.4) is 0 Å². The van der Waals surface area contributed by atoms with E-state index in [0.29, 0.717) is 13.0 Å². The summed E-state index contributed by atoms with van der Waals surface area (Å²) in [5, 5.41) is 72.8. The second-order valence-corrected chi connectivity index (χ2v) is 16.0. The lowest BCUT2D eigenvalue weighted by molar-refractivity contribution is -0.160. The molecule has 0 fully saturated rings. The van der Waals surface area contributed by atoms with Crippen molar-refractivity contribution in [3.63, 3.8) is 0 Å². The number of carbonyl (C=O) groups is 3. The van der Waals surface area contributed by atoms with E-state index in [1.54, 1.807) is 39.8 Å². The van der Waals surface area contributed by atoms with E-state index in [9.17, 15) is 39.9 Å². The van der Waals surface area contributed by atoms with Gasteiger partial charge in [-0.25, -0.2) is 0 Å². The van der Waals surface area contributed by atoms with Crippen LogP contribution in [0.2, 0.25) is 0 Å². The third-order valence-corrected chi connectivity index (χ3v) is 11.7. The van der Waals surface area contributed by atoms with Gasteiger partial charge in [-0.3, -0.25) is 14.4 Å². The Hall–Kier alpha value is -4.67. The van der Waals surface area contributed by atoms with Crippen LogP contribution in [0.5, 0.6) is 23.0 Å². The van der Waals surface area contributed by atoms with Crippen molar-refractivity contribution in [1.29, 1.82) is 0 Å². The molecule has 3 aliphatic rings. The van der Waals surface area contributed by atoms with Crippen LogP contribution in [-0.4, -0.2) is 98.8 Å². The number of aliphatic hydroxyl groups excluding tert-OH is 3. The van der Waals surface area contributed by atoms with E-state index in [0.717, 1.165) is 19.3 Å². The van der Waals surface area contributed by atoms with Gasteiger partial charge in [-0.05, 0) is 39.3 Å². The van der Waals surface area contributed by atoms with Gasteiger partial charge in [0, 0.05) is 79.9 Å². The molecule has 0 aliphatic carbocycles. The maximum atomic E-state index is 14.4. The maximum Gasteiger partial charge on any atom is 0.312 e. The summed E-state index contributed by atoms with van der Waals surface area (Å²) in [6, 6.07) is 0. The highest BCUT2D eigenvalue weighted by Gasteiger charge is 2.50. The summed E-state index contributed by atoms with van der Waals surface area (Å²) in [5.41, 5.74) is -0.0463. The van der Waals surface area contributed by atoms with Gasteiger partial charge in [0.1, 0.15) is 23.4 Å². The van der Waals surface area contributed by atoms with Crippen molar-refractivity contribution in [2.24, 2.45) is 23.7 Å². The monoisotopic (exact) mass is 826 g/mol. The smallest absolute Gasteiger partial charge is 0.312 e. The number of nitrogens with one attached hydrogen (secondary N) is 2. The second-order valence-electron chi connectivity index (χ2n) is 16.0. The van der Waals surface area contributed by atoms with Gasteiger partial charge in [0.2, 0.25) is 0 Å². The number of methoxy groups -OCH3 is 1. The molecule has 15 heteroatoms. The van der Waals surface area contributed by atoms with Gasteiger partial charge in [-0.1, -0.05) is 58.8 Å². The van der Waals surface area contributed by atoms with Crippen LogP contribution in [0.4, 0.5) is 5.69 Å². The number of hydrogen-bond acceptors (Lipinski definition) is 14. The summed E-state index contributed by atoms with van der Waals surface area (Å²) in [4.78, 5) is 40.4. The van der Waals surface area contributed by atoms with Crippen LogP contribution in [0.25, 0.3) is 10.8 Å². The summed E-state index contributed by atoms with van der Waals surface area (Å²) in [6.45, 7) is 13.1. The number of carbonyl (C=O) groups excluding carboxylic acids is 3. The predicted molar refractivity (Wildman–Crippen MR) is 221 cm³/mol. The number of benzene rings is 2. The molecule has 5 rings (SSSR count). The number of ether oxygens (including phenoxy) is 4. The number of unbranched alkanes of at least 4 members (excludes halogenated alkanes) is 3. The van der Waals surface area contributed by atoms with Crippen molar-refractivity contribution in [2.45, 2.75) is 118 Å². The first-order chi connectivity index (χ1) is 27.8. The van der Waals surface area contributed by atoms with Gasteiger partial charge < -0.3 is 60.2 Å². The molecule has 9 atom stereocenters. The van der Waals surface area contributed by atoms with Crippen LogP contribution in [0, 0.1) is 30.6 Å². The fraction of sp³-hybridized carbons (Fsp3) is 0.568. The number of aromatic hydroxyl groups is 3. The van der Waals surface area contributed by atoms with Crippen LogP contribution in [-0.2, 0) is 30.3 Å². The molecule has 3 aliphatic heterocycles. The number of rotatable bonds is 10. The Morgan fingerprint density at radius 1 is 0.915 bits per heavy atom. The third kappa shape index (κ3) is 10.0. The molecule has 8 N–H and O–H groups in total. The highest BCUT2D eigenvalue weighted by atomic mass is 16.7. The molecule has 0 spiro atoms. The van der Waals surface area contributed by atoms with Gasteiger partial charge in [0.25, 0.3) is 11.7 Å². The molecule has 3 heterocycles. The van der Waals surface area contributed by atoms with Crippen LogP contribution in [0.1, 0.15) is 95.6 Å². The van der Waals surface area contributed by atoms with E-state index >= 15 is 0 Å². The molecule has 2 aromatic carbocycles. The first-order valence-corrected chi connectivity index (χ1v) is 20.2. The van der Waals surface area contributed by atoms with Gasteiger partial charge in [0.05, 0.1) is 41.2 Å². The molecule has 59 heavy (non-hydrogen) atoms. The largest absolute Gasteiger partial charge is 0.507 e. The molecule has 1 amide bonds. The predicted octanol–water partition coefficient (Wildman–Crippen LogP) is 5.40. The standard InChI is InChI=1S/C44H62N2O13/c1-22-15-14-16-23(2)43(55)46-34-29(21-45-18-12-10-11-13-19-47)38(52)31-32(39(34)53)37(51)27(6)41-33(31)42(54)44(8,59-41)57-20-17-30(56-9)24(3)40(58-28(7)48)26(5)36(50)25(4)35(22)49/h14-17,20,22,24-26,30,35-36,40,45,47,49-53H,10-13,18-19,21H2,1-9H3,(H,46,55)/b15-14+,20-17+,23-16-/t22-,24+,25+,26+,30-,35-,36+,40+,44-/m0/s1. The van der Waals surface area contributed by atoms with Crippen LogP contribution in [0.15, 0.2) is 36.1 Å². The number of phenols is 3. The van der Waals surface area contributed by atoms with Crippen molar-refractivity contribution in [3.05, 3.63) is 52.8 Å². The topological polar surface area (TPSA) is 234 Å². The fourth-order valence-corrected chi connectivity index (χ4v) is 7.89. The number of fused-ring (bicyclic) bond motifs is 14. The number of hydrogen-bond donors (Lipinski definition) is 8. The van der Waals surface area contributed by atoms with Gasteiger partial charge in [-0.2, -0.15) is 0 Å². The van der Waals surface area contributed by atoms with Crippen molar-refractivity contribution < 1.29 is 64.0 Å². The SMILES string of the molecule is CO[C@H]1/C=C/O[C@@]2(C)Oc3c(C)c(O)c4c(O)c(c(CNCCCCCCO)c(O)c4c3C2=O)NC(=O)/C(C)=C\C=C\[C@H](C)[C@H](O)[C@@H](C)[C@@H](O)[C@@H](C)[C@H](OC(C)=O)[C@@H]1C. The maximum absolute atomic E-state index is 14.4. The lowest BCUT2D eigenvalue weighted by Crippen LogP contribution is -2.46. The summed E-state index contributed by atoms with van der Waals surface area (Å²) >= 11 is 0. The first-order valence-electron chi connectivity index (χ1n) is 20.2. The van der Waals surface area contributed by atoms with E-state index in [-0.39, 0.29) is 57.6 Å². The zero-order valence-electron chi connectivity index (χ0n) is 35.5. The van der Waals surface area contributed by atoms with E-state index in [1.807, 2.05) is 0 Å². The Morgan fingerprint density at radius 3 is 2.24 bits per heavy atom. The fourth-order valence-electron chi connectivity index (χ4n) is 7.89. The van der Waals surface area contributed by atoms with Crippen molar-refractivity contribution >= 4 is 34.1 Å². The molecule has 0 saturated carbocycles. The number of anilines is 1. The number of amides is 1. The number of esters is 1. The second kappa shape index (κ2) is 20.1. The Morgan fingerprint density at radius 2 is 1.59 bits per heavy atom. The number of allylic oxidation sites excluding steroid dienone is 2. The molecule has 0 saturated heterocycles. The quantitative estimate of drug-likeness (QED) is 0.0649. The van der Waals surface area contributed by atoms with E-state index < -0.39 is 88.8 Å². The number of phenolic OH excluding ortho intramolecular Hbond substituents is 3. The lowest BCUT2D eigenvalue weighted by Gasteiger charge is -2.38. The Kier molecular flexibility index (Phi) is 16.0. The van der Waals surface area contributed by atoms with Crippen LogP contribution < -0.4 is 15.4 Å². The molecule has 5 bridgehead atoms. The van der Waals surface area contributed by atoms with E-state index in [2.05, 4.69) is 10.6 Å². The zero-order valence-corrected chi connectivity index (χ0v) is 35.5. The van der Waals surface area contributed by atoms with E-state index in [1.165, 1.54) is 53.2 Å².